The van der Waals surface area contributed by atoms with Crippen molar-refractivity contribution < 1.29 is 23.3 Å². The van der Waals surface area contributed by atoms with Crippen molar-refractivity contribution in [1.29, 1.82) is 0 Å². The predicted octanol–water partition coefficient (Wildman–Crippen LogP) is 2.86. The van der Waals surface area contributed by atoms with Gasteiger partial charge in [-0.2, -0.15) is 0 Å². The van der Waals surface area contributed by atoms with Gasteiger partial charge in [0, 0.05) is 13.0 Å². The van der Waals surface area contributed by atoms with E-state index in [0.29, 0.717) is 47.7 Å². The van der Waals surface area contributed by atoms with Gasteiger partial charge in [-0.15, -0.1) is 0 Å². The number of carbonyl (C=O) groups is 2. The predicted molar refractivity (Wildman–Crippen MR) is 92.4 cm³/mol. The summed E-state index contributed by atoms with van der Waals surface area (Å²) < 4.78 is 15.4. The molecule has 0 radical (unpaired) electrons. The number of carbonyl (C=O) groups excluding carboxylic acids is 2. The fourth-order valence-corrected chi connectivity index (χ4v) is 2.59. The molecule has 0 fully saturated rings. The largest absolute Gasteiger partial charge is 0.466 e. The molecule has 8 heteroatoms. The highest BCUT2D eigenvalue weighted by Gasteiger charge is 2.20. The number of amides is 1. The Kier molecular flexibility index (Phi) is 5.31. The highest BCUT2D eigenvalue weighted by atomic mass is 16.5. The highest BCUT2D eigenvalue weighted by Crippen LogP contribution is 2.27. The fraction of sp³-hybridized carbons (Fsp3) is 0.333. The van der Waals surface area contributed by atoms with Crippen molar-refractivity contribution in [2.45, 2.75) is 26.7 Å². The van der Waals surface area contributed by atoms with Crippen LogP contribution in [0.15, 0.2) is 33.4 Å². The third-order valence-corrected chi connectivity index (χ3v) is 3.78. The van der Waals surface area contributed by atoms with Gasteiger partial charge in [-0.1, -0.05) is 5.16 Å². The Labute approximate surface area is 149 Å². The molecule has 0 bridgehead atoms. The van der Waals surface area contributed by atoms with Crippen LogP contribution >= 0.6 is 0 Å². The molecule has 3 rings (SSSR count). The molecule has 0 aromatic carbocycles. The van der Waals surface area contributed by atoms with Gasteiger partial charge in [0.15, 0.2) is 5.76 Å². The van der Waals surface area contributed by atoms with E-state index in [1.165, 1.54) is 6.26 Å². The Morgan fingerprint density at radius 2 is 2.19 bits per heavy atom. The number of esters is 1. The maximum absolute atomic E-state index is 12.6. The Hall–Kier alpha value is -3.16. The van der Waals surface area contributed by atoms with Crippen LogP contribution in [0.4, 0.5) is 0 Å². The number of ether oxygens (including phenoxy) is 1. The van der Waals surface area contributed by atoms with Crippen LogP contribution in [0.25, 0.3) is 22.6 Å². The number of rotatable bonds is 7. The third-order valence-electron chi connectivity index (χ3n) is 3.78. The summed E-state index contributed by atoms with van der Waals surface area (Å²) in [5, 5.41) is 7.25. The van der Waals surface area contributed by atoms with Gasteiger partial charge >= 0.3 is 5.97 Å². The summed E-state index contributed by atoms with van der Waals surface area (Å²) >= 11 is 0. The zero-order valence-corrected chi connectivity index (χ0v) is 14.6. The van der Waals surface area contributed by atoms with E-state index in [2.05, 4.69) is 15.5 Å². The van der Waals surface area contributed by atoms with Crippen LogP contribution in [0, 0.1) is 6.92 Å². The van der Waals surface area contributed by atoms with Crippen LogP contribution in [0.3, 0.4) is 0 Å². The molecule has 0 spiro atoms. The number of aryl methyl sites for hydroxylation is 1. The first-order valence-corrected chi connectivity index (χ1v) is 8.35. The fourth-order valence-electron chi connectivity index (χ4n) is 2.59. The molecular formula is C18H19N3O5. The summed E-state index contributed by atoms with van der Waals surface area (Å²) in [6.07, 6.45) is 2.28. The molecule has 1 amide bonds. The summed E-state index contributed by atoms with van der Waals surface area (Å²) in [5.41, 5.74) is 1.73. The van der Waals surface area contributed by atoms with Crippen LogP contribution in [0.2, 0.25) is 0 Å². The smallest absolute Gasteiger partial charge is 0.305 e. The van der Waals surface area contributed by atoms with Crippen molar-refractivity contribution >= 4 is 23.0 Å². The molecule has 0 unspecified atom stereocenters. The molecule has 0 saturated heterocycles. The highest BCUT2D eigenvalue weighted by molar-refractivity contribution is 6.06. The monoisotopic (exact) mass is 357 g/mol. The Balaban J connectivity index is 1.78. The number of hydrogen-bond donors (Lipinski definition) is 1. The van der Waals surface area contributed by atoms with Gasteiger partial charge < -0.3 is 19.0 Å². The maximum atomic E-state index is 12.6. The first kappa shape index (κ1) is 17.7. The minimum Gasteiger partial charge on any atom is -0.466 e. The molecule has 0 saturated carbocycles. The van der Waals surface area contributed by atoms with E-state index < -0.39 is 0 Å². The van der Waals surface area contributed by atoms with E-state index in [0.717, 1.165) is 0 Å². The summed E-state index contributed by atoms with van der Waals surface area (Å²) in [6.45, 7) is 4.20. The van der Waals surface area contributed by atoms with Crippen LogP contribution < -0.4 is 5.32 Å². The molecule has 1 N–H and O–H groups in total. The topological polar surface area (TPSA) is 107 Å². The second kappa shape index (κ2) is 7.81. The third kappa shape index (κ3) is 3.74. The molecule has 136 valence electrons. The standard InChI is InChI=1S/C18H19N3O5/c1-3-24-15(22)7-4-8-19-17(23)12-10-13(14-6-5-9-25-14)20-18-16(12)11(2)21-26-18/h5-6,9-10H,3-4,7-8H2,1-2H3,(H,19,23). The SMILES string of the molecule is CCOC(=O)CCCNC(=O)c1cc(-c2ccco2)nc2onc(C)c12. The molecule has 0 aliphatic heterocycles. The lowest BCUT2D eigenvalue weighted by Gasteiger charge is -2.07. The van der Waals surface area contributed by atoms with Crippen LogP contribution in [0.5, 0.6) is 0 Å². The second-order valence-corrected chi connectivity index (χ2v) is 5.64. The van der Waals surface area contributed by atoms with Gasteiger partial charge in [0.1, 0.15) is 5.69 Å². The quantitative estimate of drug-likeness (QED) is 0.511. The lowest BCUT2D eigenvalue weighted by atomic mass is 10.1. The summed E-state index contributed by atoms with van der Waals surface area (Å²) in [7, 11) is 0. The normalized spacial score (nSPS) is 10.8. The number of hydrogen-bond acceptors (Lipinski definition) is 7. The molecule has 0 aliphatic rings. The van der Waals surface area contributed by atoms with Crippen molar-refractivity contribution in [2.75, 3.05) is 13.2 Å². The molecule has 3 heterocycles. The van der Waals surface area contributed by atoms with E-state index in [-0.39, 0.29) is 24.0 Å². The second-order valence-electron chi connectivity index (χ2n) is 5.64. The van der Waals surface area contributed by atoms with E-state index in [4.69, 9.17) is 13.7 Å². The van der Waals surface area contributed by atoms with Crippen molar-refractivity contribution in [2.24, 2.45) is 0 Å². The number of pyridine rings is 1. The minimum atomic E-state index is -0.291. The van der Waals surface area contributed by atoms with Gasteiger partial charge in [-0.05, 0) is 38.5 Å². The molecule has 8 nitrogen and oxygen atoms in total. The molecule has 0 aliphatic carbocycles. The average Bonchev–Trinajstić information content (AvgIpc) is 3.28. The number of nitrogens with zero attached hydrogens (tertiary/aromatic N) is 2. The number of nitrogens with one attached hydrogen (secondary N) is 1. The number of fused-ring (bicyclic) bond motifs is 1. The molecule has 0 atom stereocenters. The Morgan fingerprint density at radius 1 is 1.35 bits per heavy atom. The van der Waals surface area contributed by atoms with Crippen LogP contribution in [0.1, 0.15) is 35.8 Å². The summed E-state index contributed by atoms with van der Waals surface area (Å²) in [6, 6.07) is 5.13. The lowest BCUT2D eigenvalue weighted by Crippen LogP contribution is -2.25. The van der Waals surface area contributed by atoms with Gasteiger partial charge in [-0.3, -0.25) is 9.59 Å². The summed E-state index contributed by atoms with van der Waals surface area (Å²) in [4.78, 5) is 28.3. The lowest BCUT2D eigenvalue weighted by molar-refractivity contribution is -0.143. The van der Waals surface area contributed by atoms with Crippen LogP contribution in [-0.2, 0) is 9.53 Å². The average molecular weight is 357 g/mol. The molecule has 3 aromatic rings. The van der Waals surface area contributed by atoms with Crippen molar-refractivity contribution in [1.82, 2.24) is 15.5 Å². The minimum absolute atomic E-state index is 0.254. The van der Waals surface area contributed by atoms with Gasteiger partial charge in [0.25, 0.3) is 11.6 Å². The Bertz CT molecular complexity index is 914. The zero-order valence-electron chi connectivity index (χ0n) is 14.6. The first-order chi connectivity index (χ1) is 12.6. The van der Waals surface area contributed by atoms with E-state index in [1.54, 1.807) is 32.0 Å². The van der Waals surface area contributed by atoms with Crippen molar-refractivity contribution in [3.8, 4) is 11.5 Å². The zero-order chi connectivity index (χ0) is 18.5. The van der Waals surface area contributed by atoms with Gasteiger partial charge in [0.2, 0.25) is 0 Å². The maximum Gasteiger partial charge on any atom is 0.305 e. The Morgan fingerprint density at radius 3 is 2.92 bits per heavy atom. The van der Waals surface area contributed by atoms with Crippen molar-refractivity contribution in [3.05, 3.63) is 35.7 Å². The molecule has 26 heavy (non-hydrogen) atoms. The van der Waals surface area contributed by atoms with E-state index in [1.807, 2.05) is 0 Å². The number of furan rings is 1. The van der Waals surface area contributed by atoms with E-state index >= 15 is 0 Å². The molecule has 3 aromatic heterocycles. The molecular weight excluding hydrogens is 338 g/mol. The van der Waals surface area contributed by atoms with Gasteiger partial charge in [-0.25, -0.2) is 4.98 Å². The van der Waals surface area contributed by atoms with E-state index in [9.17, 15) is 9.59 Å². The van der Waals surface area contributed by atoms with Gasteiger partial charge in [0.05, 0.1) is 29.5 Å². The van der Waals surface area contributed by atoms with Crippen LogP contribution in [-0.4, -0.2) is 35.2 Å². The number of aromatic nitrogens is 2. The van der Waals surface area contributed by atoms with Crippen molar-refractivity contribution in [3.63, 3.8) is 0 Å². The summed E-state index contributed by atoms with van der Waals surface area (Å²) in [5.74, 6) is -0.0410. The first-order valence-electron chi connectivity index (χ1n) is 8.35.